The highest BCUT2D eigenvalue weighted by atomic mass is 32.2. The Bertz CT molecular complexity index is 673. The molecule has 1 atom stereocenters. The molecular weight excluding hydrogens is 298 g/mol. The van der Waals surface area contributed by atoms with Crippen molar-refractivity contribution in [2.75, 3.05) is 0 Å². The van der Waals surface area contributed by atoms with Crippen LogP contribution in [0.15, 0.2) is 52.0 Å². The van der Waals surface area contributed by atoms with Crippen LogP contribution in [0, 0.1) is 12.8 Å². The molecule has 2 rings (SSSR count). The topological polar surface area (TPSA) is 59.3 Å². The second kappa shape index (κ2) is 7.11. The van der Waals surface area contributed by atoms with Gasteiger partial charge in [0.05, 0.1) is 11.2 Å². The zero-order valence-corrected chi connectivity index (χ0v) is 14.1. The van der Waals surface area contributed by atoms with Gasteiger partial charge in [-0.1, -0.05) is 31.5 Å². The van der Waals surface area contributed by atoms with Crippen LogP contribution in [0.25, 0.3) is 0 Å². The Morgan fingerprint density at radius 1 is 1.14 bits per heavy atom. The van der Waals surface area contributed by atoms with Gasteiger partial charge in [-0.3, -0.25) is 0 Å². The molecular formula is C17H23NO3S. The average Bonchev–Trinajstić information content (AvgIpc) is 2.90. The van der Waals surface area contributed by atoms with E-state index in [1.54, 1.807) is 30.5 Å². The summed E-state index contributed by atoms with van der Waals surface area (Å²) >= 11 is 0. The van der Waals surface area contributed by atoms with Gasteiger partial charge in [-0.2, -0.15) is 0 Å². The fraction of sp³-hybridized carbons (Fsp3) is 0.412. The molecule has 0 aliphatic heterocycles. The summed E-state index contributed by atoms with van der Waals surface area (Å²) in [5, 5.41) is 0. The van der Waals surface area contributed by atoms with E-state index in [-0.39, 0.29) is 6.04 Å². The molecule has 0 aliphatic carbocycles. The molecule has 1 unspecified atom stereocenters. The van der Waals surface area contributed by atoms with Gasteiger partial charge in [0.25, 0.3) is 0 Å². The average molecular weight is 321 g/mol. The Morgan fingerprint density at radius 2 is 1.82 bits per heavy atom. The first-order valence-electron chi connectivity index (χ1n) is 7.48. The molecule has 120 valence electrons. The Morgan fingerprint density at radius 3 is 2.36 bits per heavy atom. The van der Waals surface area contributed by atoms with Crippen LogP contribution in [0.5, 0.6) is 0 Å². The summed E-state index contributed by atoms with van der Waals surface area (Å²) in [6.45, 7) is 6.09. The van der Waals surface area contributed by atoms with E-state index in [1.807, 2.05) is 19.1 Å². The van der Waals surface area contributed by atoms with Crippen molar-refractivity contribution in [2.24, 2.45) is 5.92 Å². The van der Waals surface area contributed by atoms with Crippen LogP contribution >= 0.6 is 0 Å². The third kappa shape index (κ3) is 4.71. The molecule has 0 radical (unpaired) electrons. The summed E-state index contributed by atoms with van der Waals surface area (Å²) < 4.78 is 33.2. The van der Waals surface area contributed by atoms with E-state index < -0.39 is 10.0 Å². The van der Waals surface area contributed by atoms with Gasteiger partial charge in [0.15, 0.2) is 0 Å². The standard InChI is InChI=1S/C17H23NO3S/c1-13(2)11-15(12-16-5-4-10-21-16)18-22(19,20)17-8-6-14(3)7-9-17/h4-10,13,15,18H,11-12H2,1-3H3. The molecule has 22 heavy (non-hydrogen) atoms. The summed E-state index contributed by atoms with van der Waals surface area (Å²) in [5.41, 5.74) is 1.04. The lowest BCUT2D eigenvalue weighted by molar-refractivity contribution is 0.419. The third-order valence-corrected chi connectivity index (χ3v) is 4.97. The van der Waals surface area contributed by atoms with Gasteiger partial charge in [-0.25, -0.2) is 13.1 Å². The Kier molecular flexibility index (Phi) is 5.42. The van der Waals surface area contributed by atoms with Gasteiger partial charge in [0, 0.05) is 12.5 Å². The second-order valence-electron chi connectivity index (χ2n) is 6.04. The molecule has 0 fully saturated rings. The minimum atomic E-state index is -3.52. The Hall–Kier alpha value is -1.59. The van der Waals surface area contributed by atoms with E-state index in [2.05, 4.69) is 18.6 Å². The van der Waals surface area contributed by atoms with Crippen LogP contribution in [-0.2, 0) is 16.4 Å². The van der Waals surface area contributed by atoms with Crippen LogP contribution in [0.3, 0.4) is 0 Å². The predicted octanol–water partition coefficient (Wildman–Crippen LogP) is 3.52. The molecule has 4 nitrogen and oxygen atoms in total. The molecule has 1 aromatic heterocycles. The van der Waals surface area contributed by atoms with Crippen molar-refractivity contribution in [1.29, 1.82) is 0 Å². The summed E-state index contributed by atoms with van der Waals surface area (Å²) in [5.74, 6) is 1.18. The van der Waals surface area contributed by atoms with Gasteiger partial charge in [0.2, 0.25) is 10.0 Å². The maximum absolute atomic E-state index is 12.5. The molecule has 0 bridgehead atoms. The van der Waals surface area contributed by atoms with Crippen LogP contribution in [0.1, 0.15) is 31.6 Å². The molecule has 0 amide bonds. The Labute approximate surface area is 132 Å². The van der Waals surface area contributed by atoms with Crippen molar-refractivity contribution in [3.05, 3.63) is 54.0 Å². The molecule has 0 aliphatic rings. The first-order chi connectivity index (χ1) is 10.4. The fourth-order valence-corrected chi connectivity index (χ4v) is 3.67. The van der Waals surface area contributed by atoms with Crippen LogP contribution in [-0.4, -0.2) is 14.5 Å². The summed E-state index contributed by atoms with van der Waals surface area (Å²) in [7, 11) is -3.52. The molecule has 5 heteroatoms. The first kappa shape index (κ1) is 16.8. The molecule has 0 spiro atoms. The molecule has 0 saturated heterocycles. The maximum Gasteiger partial charge on any atom is 0.240 e. The van der Waals surface area contributed by atoms with E-state index in [9.17, 15) is 8.42 Å². The van der Waals surface area contributed by atoms with Crippen molar-refractivity contribution >= 4 is 10.0 Å². The molecule has 2 aromatic rings. The van der Waals surface area contributed by atoms with Gasteiger partial charge in [-0.15, -0.1) is 0 Å². The minimum Gasteiger partial charge on any atom is -0.469 e. The Balaban J connectivity index is 2.15. The predicted molar refractivity (Wildman–Crippen MR) is 87.2 cm³/mol. The number of furan rings is 1. The highest BCUT2D eigenvalue weighted by Gasteiger charge is 2.22. The zero-order chi connectivity index (χ0) is 16.2. The monoisotopic (exact) mass is 321 g/mol. The summed E-state index contributed by atoms with van der Waals surface area (Å²) in [6, 6.07) is 10.4. The first-order valence-corrected chi connectivity index (χ1v) is 8.96. The lowest BCUT2D eigenvalue weighted by Crippen LogP contribution is -2.37. The molecule has 1 aromatic carbocycles. The number of hydrogen-bond acceptors (Lipinski definition) is 3. The zero-order valence-electron chi connectivity index (χ0n) is 13.2. The number of aryl methyl sites for hydroxylation is 1. The quantitative estimate of drug-likeness (QED) is 0.849. The second-order valence-corrected chi connectivity index (χ2v) is 7.76. The number of hydrogen-bond donors (Lipinski definition) is 1. The smallest absolute Gasteiger partial charge is 0.240 e. The van der Waals surface area contributed by atoms with Crippen molar-refractivity contribution in [2.45, 2.75) is 44.6 Å². The van der Waals surface area contributed by atoms with E-state index in [1.165, 1.54) is 0 Å². The summed E-state index contributed by atoms with van der Waals surface area (Å²) in [6.07, 6.45) is 2.91. The SMILES string of the molecule is Cc1ccc(S(=O)(=O)NC(Cc2ccco2)CC(C)C)cc1. The van der Waals surface area contributed by atoms with E-state index in [0.717, 1.165) is 17.7 Å². The molecule has 1 N–H and O–H groups in total. The van der Waals surface area contributed by atoms with Crippen molar-refractivity contribution in [1.82, 2.24) is 4.72 Å². The highest BCUT2D eigenvalue weighted by Crippen LogP contribution is 2.16. The minimum absolute atomic E-state index is 0.183. The van der Waals surface area contributed by atoms with Gasteiger partial charge >= 0.3 is 0 Å². The van der Waals surface area contributed by atoms with Crippen molar-refractivity contribution < 1.29 is 12.8 Å². The van der Waals surface area contributed by atoms with Gasteiger partial charge in [-0.05, 0) is 43.5 Å². The maximum atomic E-state index is 12.5. The lowest BCUT2D eigenvalue weighted by atomic mass is 10.0. The van der Waals surface area contributed by atoms with E-state index >= 15 is 0 Å². The number of nitrogens with one attached hydrogen (secondary N) is 1. The molecule has 1 heterocycles. The normalized spacial score (nSPS) is 13.5. The summed E-state index contributed by atoms with van der Waals surface area (Å²) in [4.78, 5) is 0.298. The van der Waals surface area contributed by atoms with Gasteiger partial charge in [0.1, 0.15) is 5.76 Å². The largest absolute Gasteiger partial charge is 0.469 e. The van der Waals surface area contributed by atoms with Crippen molar-refractivity contribution in [3.8, 4) is 0 Å². The van der Waals surface area contributed by atoms with E-state index in [0.29, 0.717) is 17.2 Å². The number of sulfonamides is 1. The lowest BCUT2D eigenvalue weighted by Gasteiger charge is -2.20. The van der Waals surface area contributed by atoms with Gasteiger partial charge < -0.3 is 4.42 Å². The van der Waals surface area contributed by atoms with Crippen LogP contribution in [0.4, 0.5) is 0 Å². The fourth-order valence-electron chi connectivity index (χ4n) is 2.42. The van der Waals surface area contributed by atoms with Crippen molar-refractivity contribution in [3.63, 3.8) is 0 Å². The molecule has 0 saturated carbocycles. The van der Waals surface area contributed by atoms with Crippen LogP contribution < -0.4 is 4.72 Å². The van der Waals surface area contributed by atoms with E-state index in [4.69, 9.17) is 4.42 Å². The third-order valence-electron chi connectivity index (χ3n) is 3.44. The van der Waals surface area contributed by atoms with Crippen LogP contribution in [0.2, 0.25) is 0 Å². The number of rotatable bonds is 7. The highest BCUT2D eigenvalue weighted by molar-refractivity contribution is 7.89. The number of benzene rings is 1.